The average molecular weight is 401 g/mol. The van der Waals surface area contributed by atoms with E-state index in [-0.39, 0.29) is 28.3 Å². The van der Waals surface area contributed by atoms with Gasteiger partial charge in [-0.25, -0.2) is 4.98 Å². The van der Waals surface area contributed by atoms with E-state index >= 15 is 0 Å². The van der Waals surface area contributed by atoms with Crippen LogP contribution in [0.15, 0.2) is 23.4 Å². The van der Waals surface area contributed by atoms with Gasteiger partial charge in [0.1, 0.15) is 5.03 Å². The van der Waals surface area contributed by atoms with Crippen LogP contribution in [-0.2, 0) is 0 Å². The van der Waals surface area contributed by atoms with Crippen molar-refractivity contribution in [2.45, 2.75) is 49.1 Å². The lowest BCUT2D eigenvalue weighted by molar-refractivity contribution is -0.0329. The Bertz CT molecular complexity index is 635. The monoisotopic (exact) mass is 401 g/mol. The Morgan fingerprint density at radius 1 is 1.11 bits per heavy atom. The summed E-state index contributed by atoms with van der Waals surface area (Å²) in [6.07, 6.45) is 8.66. The highest BCUT2D eigenvalue weighted by Gasteiger charge is 2.33. The van der Waals surface area contributed by atoms with Gasteiger partial charge < -0.3 is 9.80 Å². The second kappa shape index (κ2) is 9.28. The molecule has 0 atom stereocenters. The van der Waals surface area contributed by atoms with Crippen molar-refractivity contribution in [2.24, 2.45) is 5.92 Å². The largest absolute Gasteiger partial charge is 0.447 e. The van der Waals surface area contributed by atoms with Gasteiger partial charge in [-0.2, -0.15) is 13.2 Å². The fourth-order valence-corrected chi connectivity index (χ4v) is 4.60. The Morgan fingerprint density at radius 3 is 2.63 bits per heavy atom. The molecule has 0 unspecified atom stereocenters. The SMILES string of the molecule is O=C(c1cccnc1SC(F)(F)F)N1CCCN(CC2CCCCC2)CC1. The Balaban J connectivity index is 1.61. The molecule has 1 aromatic heterocycles. The molecule has 150 valence electrons. The minimum absolute atomic E-state index is 0.0422. The fourth-order valence-electron chi connectivity index (χ4n) is 4.01. The quantitative estimate of drug-likeness (QED) is 0.700. The van der Waals surface area contributed by atoms with Gasteiger partial charge in [-0.05, 0) is 43.9 Å². The van der Waals surface area contributed by atoms with Crippen molar-refractivity contribution in [3.63, 3.8) is 0 Å². The summed E-state index contributed by atoms with van der Waals surface area (Å²) in [6.45, 7) is 3.92. The molecule has 2 heterocycles. The molecule has 1 saturated carbocycles. The summed E-state index contributed by atoms with van der Waals surface area (Å²) in [5, 5.41) is -0.265. The summed E-state index contributed by atoms with van der Waals surface area (Å²) < 4.78 is 38.3. The van der Waals surface area contributed by atoms with E-state index in [1.54, 1.807) is 4.90 Å². The Morgan fingerprint density at radius 2 is 1.89 bits per heavy atom. The van der Waals surface area contributed by atoms with Crippen LogP contribution in [0.4, 0.5) is 13.2 Å². The lowest BCUT2D eigenvalue weighted by Crippen LogP contribution is -2.37. The van der Waals surface area contributed by atoms with Crippen molar-refractivity contribution in [3.05, 3.63) is 23.9 Å². The number of pyridine rings is 1. The van der Waals surface area contributed by atoms with E-state index in [9.17, 15) is 18.0 Å². The molecular formula is C19H26F3N3OS. The summed E-state index contributed by atoms with van der Waals surface area (Å²) in [7, 11) is 0. The molecule has 3 rings (SSSR count). The number of amides is 1. The van der Waals surface area contributed by atoms with Gasteiger partial charge in [0.05, 0.1) is 5.56 Å². The standard InChI is InChI=1S/C19H26F3N3OS/c20-19(21,22)27-17-16(8-4-9-23-17)18(26)25-11-5-10-24(12-13-25)14-15-6-2-1-3-7-15/h4,8-9,15H,1-3,5-7,10-14H2. The van der Waals surface area contributed by atoms with Gasteiger partial charge in [0.2, 0.25) is 0 Å². The molecular weight excluding hydrogens is 375 g/mol. The molecule has 0 radical (unpaired) electrons. The molecule has 1 aliphatic heterocycles. The third-order valence-electron chi connectivity index (χ3n) is 5.33. The molecule has 1 saturated heterocycles. The van der Waals surface area contributed by atoms with Gasteiger partial charge in [-0.3, -0.25) is 4.79 Å². The number of alkyl halides is 3. The number of carbonyl (C=O) groups excluding carboxylic acids is 1. The lowest BCUT2D eigenvalue weighted by atomic mass is 9.89. The first-order valence-electron chi connectivity index (χ1n) is 9.65. The molecule has 27 heavy (non-hydrogen) atoms. The van der Waals surface area contributed by atoms with Crippen LogP contribution >= 0.6 is 11.8 Å². The Kier molecular flexibility index (Phi) is 7.03. The Hall–Kier alpha value is -1.28. The van der Waals surface area contributed by atoms with Crippen LogP contribution in [-0.4, -0.2) is 58.9 Å². The second-order valence-corrected chi connectivity index (χ2v) is 8.41. The summed E-state index contributed by atoms with van der Waals surface area (Å²) >= 11 is -0.320. The van der Waals surface area contributed by atoms with E-state index < -0.39 is 5.51 Å². The number of hydrogen-bond acceptors (Lipinski definition) is 4. The predicted octanol–water partition coefficient (Wildman–Crippen LogP) is 4.42. The van der Waals surface area contributed by atoms with Crippen molar-refractivity contribution >= 4 is 17.7 Å². The van der Waals surface area contributed by atoms with Gasteiger partial charge in [0.15, 0.2) is 0 Å². The Labute approximate surface area is 162 Å². The van der Waals surface area contributed by atoms with E-state index in [1.807, 2.05) is 0 Å². The van der Waals surface area contributed by atoms with Gasteiger partial charge >= 0.3 is 5.51 Å². The number of aromatic nitrogens is 1. The number of rotatable bonds is 4. The zero-order valence-electron chi connectivity index (χ0n) is 15.4. The maximum atomic E-state index is 12.8. The van der Waals surface area contributed by atoms with Crippen LogP contribution in [0.5, 0.6) is 0 Å². The number of carbonyl (C=O) groups is 1. The zero-order valence-corrected chi connectivity index (χ0v) is 16.2. The molecule has 0 bridgehead atoms. The lowest BCUT2D eigenvalue weighted by Gasteiger charge is -2.28. The summed E-state index contributed by atoms with van der Waals surface area (Å²) in [5.41, 5.74) is -4.42. The van der Waals surface area contributed by atoms with Crippen LogP contribution < -0.4 is 0 Å². The van der Waals surface area contributed by atoms with Crippen LogP contribution in [0.2, 0.25) is 0 Å². The van der Waals surface area contributed by atoms with Gasteiger partial charge in [-0.1, -0.05) is 19.3 Å². The molecule has 1 aliphatic carbocycles. The second-order valence-electron chi connectivity index (χ2n) is 7.35. The third kappa shape index (κ3) is 6.10. The highest BCUT2D eigenvalue weighted by Crippen LogP contribution is 2.37. The molecule has 0 spiro atoms. The number of hydrogen-bond donors (Lipinski definition) is 0. The van der Waals surface area contributed by atoms with Gasteiger partial charge in [-0.15, -0.1) is 0 Å². The fraction of sp³-hybridized carbons (Fsp3) is 0.684. The summed E-state index contributed by atoms with van der Waals surface area (Å²) in [6, 6.07) is 2.95. The smallest absolute Gasteiger partial charge is 0.337 e. The van der Waals surface area contributed by atoms with Crippen LogP contribution in [0, 0.1) is 5.92 Å². The van der Waals surface area contributed by atoms with Crippen LogP contribution in [0.25, 0.3) is 0 Å². The molecule has 0 aromatic carbocycles. The molecule has 4 nitrogen and oxygen atoms in total. The summed E-state index contributed by atoms with van der Waals surface area (Å²) in [4.78, 5) is 20.7. The van der Waals surface area contributed by atoms with E-state index in [4.69, 9.17) is 0 Å². The number of thioether (sulfide) groups is 1. The van der Waals surface area contributed by atoms with Crippen molar-refractivity contribution in [1.82, 2.24) is 14.8 Å². The van der Waals surface area contributed by atoms with Gasteiger partial charge in [0.25, 0.3) is 5.91 Å². The molecule has 1 amide bonds. The topological polar surface area (TPSA) is 36.4 Å². The minimum Gasteiger partial charge on any atom is -0.337 e. The van der Waals surface area contributed by atoms with Crippen molar-refractivity contribution < 1.29 is 18.0 Å². The molecule has 1 aromatic rings. The van der Waals surface area contributed by atoms with E-state index in [1.165, 1.54) is 50.4 Å². The maximum Gasteiger partial charge on any atom is 0.447 e. The molecule has 2 fully saturated rings. The van der Waals surface area contributed by atoms with Crippen LogP contribution in [0.3, 0.4) is 0 Å². The van der Waals surface area contributed by atoms with Crippen molar-refractivity contribution in [1.29, 1.82) is 0 Å². The molecule has 0 N–H and O–H groups in total. The average Bonchev–Trinajstić information content (AvgIpc) is 2.87. The van der Waals surface area contributed by atoms with E-state index in [0.29, 0.717) is 13.1 Å². The minimum atomic E-state index is -4.46. The highest BCUT2D eigenvalue weighted by atomic mass is 32.2. The van der Waals surface area contributed by atoms with Gasteiger partial charge in [0, 0.05) is 44.1 Å². The first-order valence-corrected chi connectivity index (χ1v) is 10.5. The third-order valence-corrected chi connectivity index (χ3v) is 6.08. The predicted molar refractivity (Wildman–Crippen MR) is 99.7 cm³/mol. The molecule has 2 aliphatic rings. The first kappa shape index (κ1) is 20.5. The first-order chi connectivity index (χ1) is 12.9. The number of halogens is 3. The highest BCUT2D eigenvalue weighted by molar-refractivity contribution is 8.00. The molecule has 8 heteroatoms. The van der Waals surface area contributed by atoms with Crippen LogP contribution in [0.1, 0.15) is 48.9 Å². The maximum absolute atomic E-state index is 12.8. The van der Waals surface area contributed by atoms with E-state index in [2.05, 4.69) is 9.88 Å². The van der Waals surface area contributed by atoms with Crippen molar-refractivity contribution in [2.75, 3.05) is 32.7 Å². The van der Waals surface area contributed by atoms with E-state index in [0.717, 1.165) is 32.0 Å². The van der Waals surface area contributed by atoms with Crippen molar-refractivity contribution in [3.8, 4) is 0 Å². The normalized spacial score (nSPS) is 20.5. The summed E-state index contributed by atoms with van der Waals surface area (Å²) in [5.74, 6) is 0.392. The number of nitrogens with zero attached hydrogens (tertiary/aromatic N) is 3. The zero-order chi connectivity index (χ0) is 19.3.